The van der Waals surface area contributed by atoms with Crippen LogP contribution in [0.3, 0.4) is 0 Å². The Labute approximate surface area is 119 Å². The van der Waals surface area contributed by atoms with E-state index in [0.29, 0.717) is 0 Å². The summed E-state index contributed by atoms with van der Waals surface area (Å²) in [6, 6.07) is 4.76. The number of benzene rings is 1. The van der Waals surface area contributed by atoms with Crippen molar-refractivity contribution in [2.75, 3.05) is 0 Å². The van der Waals surface area contributed by atoms with Crippen LogP contribution in [0.2, 0.25) is 0 Å². The van der Waals surface area contributed by atoms with Gasteiger partial charge in [0.15, 0.2) is 0 Å². The minimum Gasteiger partial charge on any atom is -0.300 e. The second kappa shape index (κ2) is 6.27. The molecular weight excluding hydrogens is 319 g/mol. The largest absolute Gasteiger partial charge is 0.407 e. The molecule has 0 aromatic heterocycles. The van der Waals surface area contributed by atoms with Crippen LogP contribution in [0.5, 0.6) is 0 Å². The topological polar surface area (TPSA) is 12.0 Å². The van der Waals surface area contributed by atoms with Gasteiger partial charge in [-0.05, 0) is 30.5 Å². The van der Waals surface area contributed by atoms with Crippen molar-refractivity contribution in [3.05, 3.63) is 34.3 Å². The molecule has 5 heteroatoms. The van der Waals surface area contributed by atoms with Gasteiger partial charge in [0, 0.05) is 10.5 Å². The molecule has 0 saturated heterocycles. The molecule has 0 bridgehead atoms. The Morgan fingerprint density at radius 1 is 1.05 bits per heavy atom. The standard InChI is InChI=1S/C14H17BrF3N/c15-11-8-6-10(7-9-11)13(14(16,17)18)19-12-4-2-1-3-5-12/h6-9,12-13,19H,1-5H2/t13-/m1/s1. The summed E-state index contributed by atoms with van der Waals surface area (Å²) in [4.78, 5) is 0. The summed E-state index contributed by atoms with van der Waals surface area (Å²) in [6.07, 6.45) is 0.579. The number of alkyl halides is 3. The minimum atomic E-state index is -4.26. The molecule has 1 N–H and O–H groups in total. The highest BCUT2D eigenvalue weighted by Crippen LogP contribution is 2.35. The monoisotopic (exact) mass is 335 g/mol. The molecular formula is C14H17BrF3N. The molecule has 0 aliphatic heterocycles. The highest BCUT2D eigenvalue weighted by atomic mass is 79.9. The van der Waals surface area contributed by atoms with Gasteiger partial charge < -0.3 is 0 Å². The third-order valence-corrected chi connectivity index (χ3v) is 4.07. The molecule has 2 rings (SSSR count). The Bertz CT molecular complexity index is 396. The zero-order valence-electron chi connectivity index (χ0n) is 10.5. The molecule has 1 fully saturated rings. The molecule has 1 saturated carbocycles. The zero-order chi connectivity index (χ0) is 13.9. The van der Waals surface area contributed by atoms with E-state index < -0.39 is 12.2 Å². The molecule has 1 aliphatic rings. The van der Waals surface area contributed by atoms with E-state index in [9.17, 15) is 13.2 Å². The molecule has 0 spiro atoms. The third kappa shape index (κ3) is 4.21. The predicted octanol–water partition coefficient (Wildman–Crippen LogP) is 4.97. The summed E-state index contributed by atoms with van der Waals surface area (Å²) in [5.74, 6) is 0. The average molecular weight is 336 g/mol. The van der Waals surface area contributed by atoms with E-state index in [0.717, 1.165) is 36.6 Å². The highest BCUT2D eigenvalue weighted by Gasteiger charge is 2.41. The third-order valence-electron chi connectivity index (χ3n) is 3.54. The summed E-state index contributed by atoms with van der Waals surface area (Å²) in [5, 5.41) is 2.79. The van der Waals surface area contributed by atoms with E-state index in [1.807, 2.05) is 0 Å². The Morgan fingerprint density at radius 2 is 1.63 bits per heavy atom. The maximum atomic E-state index is 13.2. The molecule has 1 aromatic carbocycles. The van der Waals surface area contributed by atoms with E-state index in [1.54, 1.807) is 12.1 Å². The van der Waals surface area contributed by atoms with Crippen LogP contribution in [-0.4, -0.2) is 12.2 Å². The number of hydrogen-bond donors (Lipinski definition) is 1. The van der Waals surface area contributed by atoms with Crippen LogP contribution < -0.4 is 5.32 Å². The summed E-state index contributed by atoms with van der Waals surface area (Å²) < 4.78 is 40.3. The molecule has 1 nitrogen and oxygen atoms in total. The first kappa shape index (κ1) is 14.9. The maximum Gasteiger partial charge on any atom is 0.407 e. The van der Waals surface area contributed by atoms with Gasteiger partial charge in [-0.2, -0.15) is 13.2 Å². The van der Waals surface area contributed by atoms with Crippen molar-refractivity contribution in [3.8, 4) is 0 Å². The smallest absolute Gasteiger partial charge is 0.300 e. The molecule has 1 atom stereocenters. The van der Waals surface area contributed by atoms with Crippen molar-refractivity contribution in [1.82, 2.24) is 5.32 Å². The Balaban J connectivity index is 2.13. The van der Waals surface area contributed by atoms with Crippen LogP contribution in [0, 0.1) is 0 Å². The Hall–Kier alpha value is -0.550. The van der Waals surface area contributed by atoms with Gasteiger partial charge in [0.2, 0.25) is 0 Å². The molecule has 106 valence electrons. The summed E-state index contributed by atoms with van der Waals surface area (Å²) >= 11 is 3.24. The molecule has 0 unspecified atom stereocenters. The molecule has 0 radical (unpaired) electrons. The molecule has 0 amide bonds. The SMILES string of the molecule is FC(F)(F)[C@H](NC1CCCCC1)c1ccc(Br)cc1. The second-order valence-electron chi connectivity index (χ2n) is 5.03. The van der Waals surface area contributed by atoms with Crippen molar-refractivity contribution in [3.63, 3.8) is 0 Å². The summed E-state index contributed by atoms with van der Waals surface area (Å²) in [5.41, 5.74) is 0.279. The number of nitrogens with one attached hydrogen (secondary N) is 1. The van der Waals surface area contributed by atoms with E-state index in [-0.39, 0.29) is 11.6 Å². The van der Waals surface area contributed by atoms with Crippen LogP contribution in [-0.2, 0) is 0 Å². The van der Waals surface area contributed by atoms with Crippen LogP contribution in [0.25, 0.3) is 0 Å². The predicted molar refractivity (Wildman–Crippen MR) is 72.9 cm³/mol. The lowest BCUT2D eigenvalue weighted by Gasteiger charge is -2.30. The normalized spacial score (nSPS) is 19.4. The Kier molecular flexibility index (Phi) is 4.90. The molecule has 1 aliphatic carbocycles. The Morgan fingerprint density at radius 3 is 2.16 bits per heavy atom. The lowest BCUT2D eigenvalue weighted by Crippen LogP contribution is -2.41. The van der Waals surface area contributed by atoms with E-state index in [4.69, 9.17) is 0 Å². The van der Waals surface area contributed by atoms with Crippen molar-refractivity contribution < 1.29 is 13.2 Å². The summed E-state index contributed by atoms with van der Waals surface area (Å²) in [6.45, 7) is 0. The van der Waals surface area contributed by atoms with Crippen molar-refractivity contribution >= 4 is 15.9 Å². The van der Waals surface area contributed by atoms with Crippen LogP contribution in [0.4, 0.5) is 13.2 Å². The van der Waals surface area contributed by atoms with Gasteiger partial charge in [0.25, 0.3) is 0 Å². The van der Waals surface area contributed by atoms with Gasteiger partial charge in [-0.15, -0.1) is 0 Å². The maximum absolute atomic E-state index is 13.2. The quantitative estimate of drug-likeness (QED) is 0.821. The second-order valence-corrected chi connectivity index (χ2v) is 5.94. The first-order chi connectivity index (χ1) is 8.97. The summed E-state index contributed by atoms with van der Waals surface area (Å²) in [7, 11) is 0. The zero-order valence-corrected chi connectivity index (χ0v) is 12.1. The van der Waals surface area contributed by atoms with Crippen molar-refractivity contribution in [1.29, 1.82) is 0 Å². The van der Waals surface area contributed by atoms with E-state index >= 15 is 0 Å². The minimum absolute atomic E-state index is 0.0241. The van der Waals surface area contributed by atoms with E-state index in [1.165, 1.54) is 12.1 Å². The molecule has 0 heterocycles. The number of rotatable bonds is 3. The van der Waals surface area contributed by atoms with Crippen molar-refractivity contribution in [2.45, 2.75) is 50.4 Å². The highest BCUT2D eigenvalue weighted by molar-refractivity contribution is 9.10. The molecule has 19 heavy (non-hydrogen) atoms. The molecule has 1 aromatic rings. The fourth-order valence-electron chi connectivity index (χ4n) is 2.54. The van der Waals surface area contributed by atoms with Gasteiger partial charge in [0.05, 0.1) is 0 Å². The van der Waals surface area contributed by atoms with Crippen LogP contribution in [0.1, 0.15) is 43.7 Å². The van der Waals surface area contributed by atoms with E-state index in [2.05, 4.69) is 21.2 Å². The number of halogens is 4. The average Bonchev–Trinajstić information content (AvgIpc) is 2.37. The number of hydrogen-bond acceptors (Lipinski definition) is 1. The fraction of sp³-hybridized carbons (Fsp3) is 0.571. The van der Waals surface area contributed by atoms with Crippen LogP contribution >= 0.6 is 15.9 Å². The van der Waals surface area contributed by atoms with Crippen molar-refractivity contribution in [2.24, 2.45) is 0 Å². The lowest BCUT2D eigenvalue weighted by atomic mass is 9.94. The van der Waals surface area contributed by atoms with Gasteiger partial charge in [-0.25, -0.2) is 0 Å². The fourth-order valence-corrected chi connectivity index (χ4v) is 2.80. The lowest BCUT2D eigenvalue weighted by molar-refractivity contribution is -0.160. The van der Waals surface area contributed by atoms with Gasteiger partial charge >= 0.3 is 6.18 Å². The first-order valence-corrected chi connectivity index (χ1v) is 7.34. The van der Waals surface area contributed by atoms with Crippen LogP contribution in [0.15, 0.2) is 28.7 Å². The van der Waals surface area contributed by atoms with Gasteiger partial charge in [-0.3, -0.25) is 5.32 Å². The van der Waals surface area contributed by atoms with Gasteiger partial charge in [-0.1, -0.05) is 47.3 Å². The van der Waals surface area contributed by atoms with Gasteiger partial charge in [0.1, 0.15) is 6.04 Å². The first-order valence-electron chi connectivity index (χ1n) is 6.55.